The van der Waals surface area contributed by atoms with Crippen LogP contribution < -0.4 is 14.8 Å². The Bertz CT molecular complexity index is 629. The quantitative estimate of drug-likeness (QED) is 0.922. The molecular weight excluding hydrogens is 280 g/mol. The van der Waals surface area contributed by atoms with Gasteiger partial charge in [-0.1, -0.05) is 0 Å². The van der Waals surface area contributed by atoms with Crippen LogP contribution in [-0.4, -0.2) is 19.6 Å². The van der Waals surface area contributed by atoms with Crippen molar-refractivity contribution in [3.8, 4) is 11.5 Å². The molecule has 2 aromatic rings. The van der Waals surface area contributed by atoms with Crippen molar-refractivity contribution in [2.45, 2.75) is 0 Å². The number of carbonyl (C=O) groups excluding carboxylic acids is 1. The zero-order valence-corrected chi connectivity index (χ0v) is 11.2. The van der Waals surface area contributed by atoms with Crippen LogP contribution in [0.5, 0.6) is 11.5 Å². The summed E-state index contributed by atoms with van der Waals surface area (Å²) < 4.78 is 35.9. The molecule has 0 saturated carbocycles. The summed E-state index contributed by atoms with van der Waals surface area (Å²) in [6, 6.07) is 9.06. The van der Waals surface area contributed by atoms with Crippen LogP contribution in [0.2, 0.25) is 0 Å². The van der Waals surface area contributed by atoms with Crippen LogP contribution in [-0.2, 0) is 4.79 Å². The second-order valence-corrected chi connectivity index (χ2v) is 4.14. The number of benzene rings is 2. The first kappa shape index (κ1) is 14.8. The number of halogens is 2. The Morgan fingerprint density at radius 2 is 1.76 bits per heavy atom. The molecule has 1 N–H and O–H groups in total. The first-order valence-electron chi connectivity index (χ1n) is 6.10. The van der Waals surface area contributed by atoms with Gasteiger partial charge in [0.05, 0.1) is 12.8 Å². The van der Waals surface area contributed by atoms with E-state index in [-0.39, 0.29) is 18.2 Å². The van der Waals surface area contributed by atoms with Gasteiger partial charge in [-0.15, -0.1) is 0 Å². The molecule has 0 radical (unpaired) electrons. The molecule has 0 aliphatic carbocycles. The second kappa shape index (κ2) is 6.69. The molecule has 1 amide bonds. The van der Waals surface area contributed by atoms with Crippen LogP contribution in [0.15, 0.2) is 42.5 Å². The number of ether oxygens (including phenoxy) is 2. The van der Waals surface area contributed by atoms with Crippen LogP contribution in [0.4, 0.5) is 14.5 Å². The molecule has 0 aromatic heterocycles. The number of carbonyl (C=O) groups is 1. The summed E-state index contributed by atoms with van der Waals surface area (Å²) in [6.07, 6.45) is 0. The fourth-order valence-electron chi connectivity index (χ4n) is 1.63. The van der Waals surface area contributed by atoms with E-state index >= 15 is 0 Å². The van der Waals surface area contributed by atoms with Crippen molar-refractivity contribution in [3.05, 3.63) is 54.1 Å². The summed E-state index contributed by atoms with van der Waals surface area (Å²) in [7, 11) is 1.37. The molecule has 110 valence electrons. The van der Waals surface area contributed by atoms with Gasteiger partial charge in [0, 0.05) is 6.07 Å². The lowest BCUT2D eigenvalue weighted by molar-refractivity contribution is -0.118. The number of hydrogen-bond donors (Lipinski definition) is 1. The van der Waals surface area contributed by atoms with E-state index < -0.39 is 11.7 Å². The summed E-state index contributed by atoms with van der Waals surface area (Å²) in [5.74, 6) is -0.706. The molecule has 0 aliphatic heterocycles. The van der Waals surface area contributed by atoms with E-state index in [1.165, 1.54) is 43.5 Å². The molecule has 2 aromatic carbocycles. The zero-order chi connectivity index (χ0) is 15.2. The molecule has 4 nitrogen and oxygen atoms in total. The second-order valence-electron chi connectivity index (χ2n) is 4.14. The number of hydrogen-bond acceptors (Lipinski definition) is 3. The lowest BCUT2D eigenvalue weighted by Crippen LogP contribution is -2.20. The minimum absolute atomic E-state index is 0.213. The highest BCUT2D eigenvalue weighted by Crippen LogP contribution is 2.24. The van der Waals surface area contributed by atoms with Crippen LogP contribution >= 0.6 is 0 Å². The highest BCUT2D eigenvalue weighted by molar-refractivity contribution is 5.93. The first-order chi connectivity index (χ1) is 10.1. The Kier molecular flexibility index (Phi) is 4.71. The minimum atomic E-state index is -0.465. The van der Waals surface area contributed by atoms with Gasteiger partial charge in [0.15, 0.2) is 6.61 Å². The van der Waals surface area contributed by atoms with Gasteiger partial charge >= 0.3 is 0 Å². The summed E-state index contributed by atoms with van der Waals surface area (Å²) in [6.45, 7) is -0.258. The van der Waals surface area contributed by atoms with E-state index in [2.05, 4.69) is 5.32 Å². The number of amides is 1. The smallest absolute Gasteiger partial charge is 0.262 e. The van der Waals surface area contributed by atoms with Crippen molar-refractivity contribution in [3.63, 3.8) is 0 Å². The fraction of sp³-hybridized carbons (Fsp3) is 0.133. The summed E-state index contributed by atoms with van der Waals surface area (Å²) in [5.41, 5.74) is 0.339. The van der Waals surface area contributed by atoms with Crippen molar-refractivity contribution < 1.29 is 23.0 Å². The van der Waals surface area contributed by atoms with Gasteiger partial charge < -0.3 is 14.8 Å². The third-order valence-electron chi connectivity index (χ3n) is 2.62. The highest BCUT2D eigenvalue weighted by Gasteiger charge is 2.09. The molecule has 0 bridgehead atoms. The topological polar surface area (TPSA) is 47.6 Å². The Morgan fingerprint density at radius 1 is 1.10 bits per heavy atom. The molecule has 0 saturated heterocycles. The molecule has 2 rings (SSSR count). The molecule has 21 heavy (non-hydrogen) atoms. The van der Waals surface area contributed by atoms with Crippen molar-refractivity contribution >= 4 is 11.6 Å². The van der Waals surface area contributed by atoms with Gasteiger partial charge in [0.2, 0.25) is 0 Å². The van der Waals surface area contributed by atoms with Crippen molar-refractivity contribution in [2.24, 2.45) is 0 Å². The number of anilines is 1. The van der Waals surface area contributed by atoms with Gasteiger partial charge in [-0.3, -0.25) is 4.79 Å². The molecule has 0 fully saturated rings. The normalized spacial score (nSPS) is 10.0. The van der Waals surface area contributed by atoms with Gasteiger partial charge in [-0.2, -0.15) is 0 Å². The van der Waals surface area contributed by atoms with E-state index in [0.29, 0.717) is 11.4 Å². The third kappa shape index (κ3) is 4.17. The minimum Gasteiger partial charge on any atom is -0.494 e. The van der Waals surface area contributed by atoms with Crippen LogP contribution in [0.1, 0.15) is 0 Å². The first-order valence-corrected chi connectivity index (χ1v) is 6.10. The van der Waals surface area contributed by atoms with Crippen molar-refractivity contribution in [2.75, 3.05) is 19.0 Å². The molecule has 0 spiro atoms. The Labute approximate surface area is 120 Å². The van der Waals surface area contributed by atoms with Gasteiger partial charge in [0.1, 0.15) is 23.1 Å². The average molecular weight is 293 g/mol. The zero-order valence-electron chi connectivity index (χ0n) is 11.2. The Morgan fingerprint density at radius 3 is 2.43 bits per heavy atom. The number of nitrogens with one attached hydrogen (secondary N) is 1. The average Bonchev–Trinajstić information content (AvgIpc) is 2.48. The highest BCUT2D eigenvalue weighted by atomic mass is 19.1. The van der Waals surface area contributed by atoms with E-state index in [9.17, 15) is 13.6 Å². The van der Waals surface area contributed by atoms with Gasteiger partial charge in [-0.05, 0) is 36.4 Å². The Balaban J connectivity index is 1.94. The molecule has 0 aliphatic rings. The van der Waals surface area contributed by atoms with E-state index in [0.717, 1.165) is 6.07 Å². The van der Waals surface area contributed by atoms with Crippen molar-refractivity contribution in [1.29, 1.82) is 0 Å². The maximum Gasteiger partial charge on any atom is 0.262 e. The maximum atomic E-state index is 13.0. The van der Waals surface area contributed by atoms with Crippen molar-refractivity contribution in [1.82, 2.24) is 0 Å². The summed E-state index contributed by atoms with van der Waals surface area (Å²) in [5, 5.41) is 2.54. The maximum absolute atomic E-state index is 13.0. The van der Waals surface area contributed by atoms with Gasteiger partial charge in [0.25, 0.3) is 5.91 Å². The molecule has 0 atom stereocenters. The molecule has 6 heteroatoms. The SMILES string of the molecule is COc1cc(F)ccc1NC(=O)COc1ccc(F)cc1. The Hall–Kier alpha value is -2.63. The lowest BCUT2D eigenvalue weighted by Gasteiger charge is -2.11. The molecule has 0 heterocycles. The van der Waals surface area contributed by atoms with Crippen LogP contribution in [0.25, 0.3) is 0 Å². The van der Waals surface area contributed by atoms with Crippen LogP contribution in [0, 0.1) is 11.6 Å². The van der Waals surface area contributed by atoms with Crippen LogP contribution in [0.3, 0.4) is 0 Å². The predicted molar refractivity (Wildman–Crippen MR) is 73.5 cm³/mol. The van der Waals surface area contributed by atoms with Gasteiger partial charge in [-0.25, -0.2) is 8.78 Å². The lowest BCUT2D eigenvalue weighted by atomic mass is 10.3. The fourth-order valence-corrected chi connectivity index (χ4v) is 1.63. The third-order valence-corrected chi connectivity index (χ3v) is 2.62. The van der Waals surface area contributed by atoms with E-state index in [4.69, 9.17) is 9.47 Å². The van der Waals surface area contributed by atoms with E-state index in [1.54, 1.807) is 0 Å². The monoisotopic (exact) mass is 293 g/mol. The number of rotatable bonds is 5. The number of methoxy groups -OCH3 is 1. The molecular formula is C15H13F2NO3. The largest absolute Gasteiger partial charge is 0.494 e. The predicted octanol–water partition coefficient (Wildman–Crippen LogP) is 2.99. The summed E-state index contributed by atoms with van der Waals surface area (Å²) in [4.78, 5) is 11.7. The standard InChI is InChI=1S/C15H13F2NO3/c1-20-14-8-11(17)4-7-13(14)18-15(19)9-21-12-5-2-10(16)3-6-12/h2-8H,9H2,1H3,(H,18,19). The summed E-state index contributed by atoms with van der Waals surface area (Å²) >= 11 is 0. The van der Waals surface area contributed by atoms with E-state index in [1.807, 2.05) is 0 Å². The molecule has 0 unspecified atom stereocenters.